The lowest BCUT2D eigenvalue weighted by molar-refractivity contribution is -0.193. The number of H-pyrrole nitrogens is 1. The molecule has 0 aliphatic carbocycles. The lowest BCUT2D eigenvalue weighted by atomic mass is 10.1. The van der Waals surface area contributed by atoms with Crippen LogP contribution < -0.4 is 5.32 Å². The Morgan fingerprint density at radius 2 is 1.55 bits per heavy atom. The predicted molar refractivity (Wildman–Crippen MR) is 126 cm³/mol. The van der Waals surface area contributed by atoms with Crippen molar-refractivity contribution in [3.05, 3.63) is 66.1 Å². The molecule has 1 aliphatic rings. The molecule has 3 aromatic heterocycles. The molecule has 5 rings (SSSR count). The van der Waals surface area contributed by atoms with Gasteiger partial charge in [-0.25, -0.2) is 28.3 Å². The first-order chi connectivity index (χ1) is 19.5. The number of imidazole rings is 1. The van der Waals surface area contributed by atoms with Gasteiger partial charge in [-0.3, -0.25) is 4.98 Å². The van der Waals surface area contributed by atoms with Crippen LogP contribution in [0.1, 0.15) is 5.56 Å². The molecule has 218 valence electrons. The number of alkyl halides is 6. The fraction of sp³-hybridized carbons (Fsp3) is 0.0833. The largest absolute Gasteiger partial charge is 0.490 e. The number of nitrogens with one attached hydrogen (secondary N) is 2. The Morgan fingerprint density at radius 1 is 0.929 bits per heavy atom. The number of aromatic amines is 1. The van der Waals surface area contributed by atoms with E-state index < -0.39 is 35.9 Å². The maximum absolute atomic E-state index is 14.5. The van der Waals surface area contributed by atoms with Crippen LogP contribution in [0.5, 0.6) is 0 Å². The van der Waals surface area contributed by atoms with E-state index >= 15 is 0 Å². The normalized spacial score (nSPS) is 11.4. The zero-order valence-corrected chi connectivity index (χ0v) is 20.1. The zero-order valence-electron chi connectivity index (χ0n) is 20.1. The summed E-state index contributed by atoms with van der Waals surface area (Å²) >= 11 is 0. The molecule has 4 heterocycles. The van der Waals surface area contributed by atoms with Crippen molar-refractivity contribution in [1.82, 2.24) is 19.9 Å². The van der Waals surface area contributed by atoms with Gasteiger partial charge in [0, 0.05) is 29.6 Å². The minimum absolute atomic E-state index is 0.0778. The highest BCUT2D eigenvalue weighted by molar-refractivity contribution is 5.95. The van der Waals surface area contributed by atoms with Crippen molar-refractivity contribution in [2.45, 2.75) is 12.4 Å². The first kappa shape index (κ1) is 30.9. The molecule has 10 nitrogen and oxygen atoms in total. The van der Waals surface area contributed by atoms with E-state index in [2.05, 4.69) is 25.3 Å². The van der Waals surface area contributed by atoms with Gasteiger partial charge in [0.05, 0.1) is 28.7 Å². The summed E-state index contributed by atoms with van der Waals surface area (Å²) in [6.45, 7) is 0. The maximum Gasteiger partial charge on any atom is 0.490 e. The maximum atomic E-state index is 14.5. The van der Waals surface area contributed by atoms with Gasteiger partial charge in [0.25, 0.3) is 0 Å². The van der Waals surface area contributed by atoms with E-state index in [0.29, 0.717) is 28.5 Å². The van der Waals surface area contributed by atoms with Crippen molar-refractivity contribution in [3.8, 4) is 40.0 Å². The highest BCUT2D eigenvalue weighted by atomic mass is 19.4. The molecular weight excluding hydrogens is 588 g/mol. The first-order valence-corrected chi connectivity index (χ1v) is 10.8. The molecule has 0 bridgehead atoms. The lowest BCUT2D eigenvalue weighted by Gasteiger charge is -2.08. The van der Waals surface area contributed by atoms with Crippen LogP contribution >= 0.6 is 0 Å². The van der Waals surface area contributed by atoms with Gasteiger partial charge in [-0.1, -0.05) is 0 Å². The van der Waals surface area contributed by atoms with Crippen molar-refractivity contribution in [3.63, 3.8) is 0 Å². The van der Waals surface area contributed by atoms with Crippen molar-refractivity contribution >= 4 is 23.4 Å². The fourth-order valence-electron chi connectivity index (χ4n) is 3.32. The van der Waals surface area contributed by atoms with Gasteiger partial charge in [0.1, 0.15) is 35.0 Å². The van der Waals surface area contributed by atoms with Gasteiger partial charge < -0.3 is 20.5 Å². The third kappa shape index (κ3) is 6.93. The second-order valence-electron chi connectivity index (χ2n) is 7.78. The Hall–Kier alpha value is -5.60. The second kappa shape index (κ2) is 11.9. The number of fused-ring (bicyclic) bond motifs is 5. The van der Waals surface area contributed by atoms with Gasteiger partial charge >= 0.3 is 24.3 Å². The van der Waals surface area contributed by atoms with Crippen LogP contribution in [-0.2, 0) is 9.59 Å². The van der Waals surface area contributed by atoms with E-state index in [1.54, 1.807) is 30.7 Å². The van der Waals surface area contributed by atoms with Crippen molar-refractivity contribution < 1.29 is 54.9 Å². The Balaban J connectivity index is 0.000000289. The number of aliphatic carboxylic acids is 2. The summed E-state index contributed by atoms with van der Waals surface area (Å²) in [5.74, 6) is -6.48. The van der Waals surface area contributed by atoms with Gasteiger partial charge in [0.2, 0.25) is 0 Å². The number of nitrogens with zero attached hydrogens (tertiary/aromatic N) is 4. The van der Waals surface area contributed by atoms with Crippen LogP contribution in [0.2, 0.25) is 0 Å². The molecule has 0 unspecified atom stereocenters. The smallest absolute Gasteiger partial charge is 0.475 e. The molecule has 0 atom stereocenters. The number of halogens is 8. The Kier molecular flexibility index (Phi) is 8.74. The van der Waals surface area contributed by atoms with Gasteiger partial charge in [-0.2, -0.15) is 31.6 Å². The molecule has 1 aromatic carbocycles. The number of nitriles is 1. The van der Waals surface area contributed by atoms with E-state index in [-0.39, 0.29) is 17.0 Å². The molecular formula is C24H12F8N6O4. The molecule has 4 N–H and O–H groups in total. The highest BCUT2D eigenvalue weighted by Gasteiger charge is 2.39. The molecule has 0 amide bonds. The Labute approximate surface area is 227 Å². The van der Waals surface area contributed by atoms with E-state index in [0.717, 1.165) is 17.7 Å². The third-order valence-electron chi connectivity index (χ3n) is 5.01. The number of anilines is 2. The van der Waals surface area contributed by atoms with Crippen LogP contribution in [0.25, 0.3) is 33.9 Å². The summed E-state index contributed by atoms with van der Waals surface area (Å²) in [4.78, 5) is 33.9. The summed E-state index contributed by atoms with van der Waals surface area (Å²) in [6, 6.07) is 8.95. The Bertz CT molecular complexity index is 1610. The summed E-state index contributed by atoms with van der Waals surface area (Å²) in [5, 5.41) is 26.8. The Morgan fingerprint density at radius 3 is 2.12 bits per heavy atom. The van der Waals surface area contributed by atoms with E-state index in [9.17, 15) is 40.4 Å². The number of pyridine rings is 2. The summed E-state index contributed by atoms with van der Waals surface area (Å²) in [5.41, 5.74) is 3.13. The molecule has 1 aliphatic heterocycles. The molecule has 0 spiro atoms. The lowest BCUT2D eigenvalue weighted by Crippen LogP contribution is -2.21. The summed E-state index contributed by atoms with van der Waals surface area (Å²) in [6.07, 6.45) is -5.23. The van der Waals surface area contributed by atoms with Crippen molar-refractivity contribution in [1.29, 1.82) is 5.26 Å². The van der Waals surface area contributed by atoms with Crippen LogP contribution in [0.3, 0.4) is 0 Å². The molecule has 4 aromatic rings. The van der Waals surface area contributed by atoms with Gasteiger partial charge in [0.15, 0.2) is 0 Å². The number of carboxylic acids is 2. The number of hydrogen-bond donors (Lipinski definition) is 4. The number of rotatable bonds is 1. The number of hydrogen-bond acceptors (Lipinski definition) is 7. The highest BCUT2D eigenvalue weighted by Crippen LogP contribution is 2.43. The van der Waals surface area contributed by atoms with Crippen LogP contribution in [0, 0.1) is 23.0 Å². The predicted octanol–water partition coefficient (Wildman–Crippen LogP) is 5.67. The molecule has 42 heavy (non-hydrogen) atoms. The second-order valence-corrected chi connectivity index (χ2v) is 7.78. The zero-order chi connectivity index (χ0) is 31.4. The molecule has 18 heteroatoms. The molecule has 0 saturated heterocycles. The van der Waals surface area contributed by atoms with E-state index in [1.807, 2.05) is 12.1 Å². The fourth-order valence-corrected chi connectivity index (χ4v) is 3.32. The van der Waals surface area contributed by atoms with Crippen molar-refractivity contribution in [2.24, 2.45) is 0 Å². The van der Waals surface area contributed by atoms with Crippen molar-refractivity contribution in [2.75, 3.05) is 5.32 Å². The summed E-state index contributed by atoms with van der Waals surface area (Å²) < 4.78 is 91.5. The topological polar surface area (TPSA) is 165 Å². The van der Waals surface area contributed by atoms with Gasteiger partial charge in [-0.05, 0) is 24.3 Å². The quantitative estimate of drug-likeness (QED) is 0.177. The SMILES string of the molecule is N#Cc1cc(F)cc(F)c1-c1nc2c([nH]1)-c1ccncc1Nc1ncccc1-2.O=C(O)C(F)(F)F.O=C(O)C(F)(F)F. The molecule has 0 radical (unpaired) electrons. The first-order valence-electron chi connectivity index (χ1n) is 10.8. The number of benzene rings is 1. The van der Waals surface area contributed by atoms with E-state index in [4.69, 9.17) is 19.8 Å². The average molecular weight is 600 g/mol. The summed E-state index contributed by atoms with van der Waals surface area (Å²) in [7, 11) is 0. The monoisotopic (exact) mass is 600 g/mol. The van der Waals surface area contributed by atoms with Crippen LogP contribution in [-0.4, -0.2) is 54.4 Å². The van der Waals surface area contributed by atoms with Gasteiger partial charge in [-0.15, -0.1) is 0 Å². The number of carbonyl (C=O) groups is 2. The minimum Gasteiger partial charge on any atom is -0.475 e. The van der Waals surface area contributed by atoms with E-state index in [1.165, 1.54) is 0 Å². The standard InChI is InChI=1S/C20H10F2N6.2C2HF3O2/c21-11-6-10(8-23)16(14(22)7-11)20-27-17-12-3-5-24-9-15(12)26-19-13(18(17)28-20)2-1-4-25-19;2*3-2(4,5)1(6)7/h1-7,9H,(H,25,26)(H,27,28);2*(H,6,7). The average Bonchev–Trinajstić information content (AvgIpc) is 3.27. The molecule has 0 fully saturated rings. The third-order valence-corrected chi connectivity index (χ3v) is 5.01. The molecule has 0 saturated carbocycles. The number of aromatic nitrogens is 4. The number of carboxylic acid groups (broad SMARTS) is 2. The minimum atomic E-state index is -5.08. The van der Waals surface area contributed by atoms with Crippen LogP contribution in [0.4, 0.5) is 46.6 Å². The van der Waals surface area contributed by atoms with Crippen LogP contribution in [0.15, 0.2) is 48.9 Å².